The van der Waals surface area contributed by atoms with E-state index in [0.717, 1.165) is 31.9 Å². The maximum atomic E-state index is 12.9. The maximum absolute atomic E-state index is 12.9. The Morgan fingerprint density at radius 3 is 2.26 bits per heavy atom. The van der Waals surface area contributed by atoms with Gasteiger partial charge >= 0.3 is 5.97 Å². The zero-order valence-corrected chi connectivity index (χ0v) is 14.7. The van der Waals surface area contributed by atoms with E-state index >= 15 is 0 Å². The van der Waals surface area contributed by atoms with Crippen LogP contribution in [0.4, 0.5) is 15.8 Å². The average molecular weight is 373 g/mol. The topological polar surface area (TPSA) is 75.9 Å². The van der Waals surface area contributed by atoms with Gasteiger partial charge in [-0.1, -0.05) is 0 Å². The third kappa shape index (κ3) is 5.01. The first-order valence-corrected chi connectivity index (χ1v) is 8.67. The fourth-order valence-corrected chi connectivity index (χ4v) is 2.95. The van der Waals surface area contributed by atoms with Gasteiger partial charge in [0.05, 0.1) is 10.5 Å². The summed E-state index contributed by atoms with van der Waals surface area (Å²) in [6, 6.07) is 11.8. The van der Waals surface area contributed by atoms with Crippen LogP contribution in [0.5, 0.6) is 0 Å². The minimum Gasteiger partial charge on any atom is -0.461 e. The van der Waals surface area contributed by atoms with Crippen molar-refractivity contribution in [1.82, 2.24) is 4.90 Å². The van der Waals surface area contributed by atoms with Crippen molar-refractivity contribution < 1.29 is 18.8 Å². The number of halogens is 1. The van der Waals surface area contributed by atoms with Crippen molar-refractivity contribution in [3.63, 3.8) is 0 Å². The fraction of sp³-hybridized carbons (Fsp3) is 0.316. The number of hydrogen-bond donors (Lipinski definition) is 0. The molecule has 7 nitrogen and oxygen atoms in total. The molecule has 0 atom stereocenters. The molecule has 3 rings (SSSR count). The Hall–Kier alpha value is -3.00. The summed E-state index contributed by atoms with van der Waals surface area (Å²) in [5.74, 6) is -0.850. The number of nitro groups is 1. The summed E-state index contributed by atoms with van der Waals surface area (Å²) in [6.07, 6.45) is 0. The summed E-state index contributed by atoms with van der Waals surface area (Å²) in [6.45, 7) is 4.11. The monoisotopic (exact) mass is 373 g/mol. The molecule has 0 aromatic heterocycles. The molecule has 1 aliphatic heterocycles. The number of ether oxygens (including phenoxy) is 1. The van der Waals surface area contributed by atoms with Crippen molar-refractivity contribution in [2.75, 3.05) is 44.2 Å². The largest absolute Gasteiger partial charge is 0.461 e. The molecule has 1 aliphatic rings. The van der Waals surface area contributed by atoms with Crippen molar-refractivity contribution in [1.29, 1.82) is 0 Å². The van der Waals surface area contributed by atoms with Gasteiger partial charge in [0.1, 0.15) is 12.4 Å². The molecule has 1 heterocycles. The van der Waals surface area contributed by atoms with Gasteiger partial charge in [-0.15, -0.1) is 0 Å². The normalized spacial score (nSPS) is 14.8. The van der Waals surface area contributed by atoms with E-state index in [1.165, 1.54) is 36.4 Å². The van der Waals surface area contributed by atoms with Crippen molar-refractivity contribution in [3.8, 4) is 0 Å². The van der Waals surface area contributed by atoms with Crippen LogP contribution < -0.4 is 4.90 Å². The number of nitrogens with zero attached hydrogens (tertiary/aromatic N) is 3. The molecule has 2 aromatic carbocycles. The minimum absolute atomic E-state index is 0.0837. The van der Waals surface area contributed by atoms with E-state index in [0.29, 0.717) is 12.1 Å². The van der Waals surface area contributed by atoms with Crippen LogP contribution in [0, 0.1) is 15.9 Å². The quantitative estimate of drug-likeness (QED) is 0.440. The van der Waals surface area contributed by atoms with Crippen molar-refractivity contribution >= 4 is 17.3 Å². The van der Waals surface area contributed by atoms with E-state index in [4.69, 9.17) is 4.74 Å². The molecule has 2 aromatic rings. The Morgan fingerprint density at radius 2 is 1.67 bits per heavy atom. The Morgan fingerprint density at radius 1 is 1.04 bits per heavy atom. The zero-order chi connectivity index (χ0) is 19.2. The maximum Gasteiger partial charge on any atom is 0.338 e. The number of piperazine rings is 1. The van der Waals surface area contributed by atoms with E-state index in [1.54, 1.807) is 12.1 Å². The third-order valence-corrected chi connectivity index (χ3v) is 4.52. The molecule has 0 spiro atoms. The molecule has 0 unspecified atom stereocenters. The number of hydrogen-bond acceptors (Lipinski definition) is 6. The van der Waals surface area contributed by atoms with Crippen molar-refractivity contribution in [2.24, 2.45) is 0 Å². The molecule has 142 valence electrons. The predicted octanol–water partition coefficient (Wildman–Crippen LogP) is 2.71. The van der Waals surface area contributed by atoms with Gasteiger partial charge < -0.3 is 9.64 Å². The van der Waals surface area contributed by atoms with E-state index in [-0.39, 0.29) is 12.3 Å². The summed E-state index contributed by atoms with van der Waals surface area (Å²) in [4.78, 5) is 26.6. The summed E-state index contributed by atoms with van der Waals surface area (Å²) < 4.78 is 18.1. The van der Waals surface area contributed by atoms with Gasteiger partial charge in [0.2, 0.25) is 0 Å². The van der Waals surface area contributed by atoms with E-state index in [2.05, 4.69) is 9.80 Å². The number of esters is 1. The zero-order valence-electron chi connectivity index (χ0n) is 14.7. The lowest BCUT2D eigenvalue weighted by atomic mass is 10.2. The Bertz CT molecular complexity index is 788. The third-order valence-electron chi connectivity index (χ3n) is 4.52. The summed E-state index contributed by atoms with van der Waals surface area (Å²) in [5.41, 5.74) is 1.38. The van der Waals surface area contributed by atoms with E-state index < -0.39 is 16.7 Å². The average Bonchev–Trinajstić information content (AvgIpc) is 2.69. The van der Waals surface area contributed by atoms with E-state index in [9.17, 15) is 19.3 Å². The SMILES string of the molecule is O=C(OCCN1CCN(c2ccc([N+](=O)[O-])cc2)CC1)c1ccc(F)cc1. The number of nitro benzene ring substituents is 1. The van der Waals surface area contributed by atoms with Crippen LogP contribution in [0.1, 0.15) is 10.4 Å². The molecular formula is C19H20FN3O4. The molecule has 0 radical (unpaired) electrons. The Balaban J connectivity index is 1.41. The number of non-ortho nitro benzene ring substituents is 1. The smallest absolute Gasteiger partial charge is 0.338 e. The molecule has 0 bridgehead atoms. The lowest BCUT2D eigenvalue weighted by Crippen LogP contribution is -2.47. The second kappa shape index (κ2) is 8.59. The number of anilines is 1. The Labute approximate surface area is 156 Å². The first-order valence-electron chi connectivity index (χ1n) is 8.67. The van der Waals surface area contributed by atoms with Gasteiger partial charge in [-0.2, -0.15) is 0 Å². The first kappa shape index (κ1) is 18.8. The van der Waals surface area contributed by atoms with Gasteiger partial charge in [-0.3, -0.25) is 15.0 Å². The number of carbonyl (C=O) groups excluding carboxylic acids is 1. The van der Waals surface area contributed by atoms with Crippen molar-refractivity contribution in [2.45, 2.75) is 0 Å². The molecule has 0 amide bonds. The molecule has 0 aliphatic carbocycles. The number of carbonyl (C=O) groups is 1. The predicted molar refractivity (Wildman–Crippen MR) is 98.4 cm³/mol. The van der Waals surface area contributed by atoms with Crippen LogP contribution in [0.15, 0.2) is 48.5 Å². The van der Waals surface area contributed by atoms with Gasteiger partial charge in [0.15, 0.2) is 0 Å². The number of benzene rings is 2. The second-order valence-corrected chi connectivity index (χ2v) is 6.25. The minimum atomic E-state index is -0.459. The molecule has 1 fully saturated rings. The van der Waals surface area contributed by atoms with Gasteiger partial charge in [-0.05, 0) is 36.4 Å². The molecule has 27 heavy (non-hydrogen) atoms. The van der Waals surface area contributed by atoms with Crippen LogP contribution in [0.2, 0.25) is 0 Å². The molecule has 0 N–H and O–H groups in total. The highest BCUT2D eigenvalue weighted by molar-refractivity contribution is 5.89. The van der Waals surface area contributed by atoms with Gasteiger partial charge in [0.25, 0.3) is 5.69 Å². The summed E-state index contributed by atoms with van der Waals surface area (Å²) in [7, 11) is 0. The highest BCUT2D eigenvalue weighted by atomic mass is 19.1. The highest BCUT2D eigenvalue weighted by Gasteiger charge is 2.18. The standard InChI is InChI=1S/C19H20FN3O4/c20-16-3-1-15(2-4-16)19(24)27-14-13-21-9-11-22(12-10-21)17-5-7-18(8-6-17)23(25)26/h1-8H,9-14H2. The van der Waals surface area contributed by atoms with Crippen LogP contribution in [-0.4, -0.2) is 55.1 Å². The number of rotatable bonds is 6. The first-order chi connectivity index (χ1) is 13.0. The highest BCUT2D eigenvalue weighted by Crippen LogP contribution is 2.20. The van der Waals surface area contributed by atoms with Crippen LogP contribution in [0.25, 0.3) is 0 Å². The summed E-state index contributed by atoms with van der Waals surface area (Å²) in [5, 5.41) is 10.7. The van der Waals surface area contributed by atoms with E-state index in [1.807, 2.05) is 0 Å². The van der Waals surface area contributed by atoms with Crippen LogP contribution >= 0.6 is 0 Å². The second-order valence-electron chi connectivity index (χ2n) is 6.25. The van der Waals surface area contributed by atoms with Crippen LogP contribution in [-0.2, 0) is 4.74 Å². The lowest BCUT2D eigenvalue weighted by Gasteiger charge is -2.35. The van der Waals surface area contributed by atoms with Crippen molar-refractivity contribution in [3.05, 3.63) is 70.0 Å². The molecule has 1 saturated heterocycles. The Kier molecular flexibility index (Phi) is 5.97. The van der Waals surface area contributed by atoms with Gasteiger partial charge in [0, 0.05) is 50.5 Å². The molecular weight excluding hydrogens is 353 g/mol. The molecule has 8 heteroatoms. The lowest BCUT2D eigenvalue weighted by molar-refractivity contribution is -0.384. The molecule has 0 saturated carbocycles. The fourth-order valence-electron chi connectivity index (χ4n) is 2.95. The van der Waals surface area contributed by atoms with Crippen LogP contribution in [0.3, 0.4) is 0 Å². The summed E-state index contributed by atoms with van der Waals surface area (Å²) >= 11 is 0. The van der Waals surface area contributed by atoms with Gasteiger partial charge in [-0.25, -0.2) is 9.18 Å².